The van der Waals surface area contributed by atoms with E-state index in [2.05, 4.69) is 411 Å². The van der Waals surface area contributed by atoms with Crippen molar-refractivity contribution in [3.63, 3.8) is 0 Å². The van der Waals surface area contributed by atoms with Gasteiger partial charge < -0.3 is 18.1 Å². The van der Waals surface area contributed by atoms with Gasteiger partial charge in [0.1, 0.15) is 26.9 Å². The number of rotatable bonds is 23. The standard InChI is InChI=1S/C34H18N2O.C28H23BO3.C12H7BrN2.H47P45/c1-2-12-27-23(9-1)31-28(37-27)18-25-22-10-3-6-19-7-4-11-24(29(19)22)30(25)32(31)26-16-15-21-14-13-20-8-5-17-35-33(20)34(21)36-26;1-27(2)28(3,4)32-29(31-27)26-24-19-13-8-10-16-9-7-12-17(23(16)19)20(24)15-22-25(26)18-11-5-6-14-21(18)30-22;13-10-6-5-9-4-3-8-2-1-7-14-11(8)12(9)15-10;1-24-36(25(2)3)42(37(26(4)5)27(6)7)45(43(38(28(8)9)29(10)11)39(30(12)13)31(14)15)44(40(32(16)17)33(18)19)41(34(20)21)35(22)23/h1-18H;5-15H,1-4H3;1-7H;24H,1-23H2. The van der Waals surface area contributed by atoms with E-state index in [1.54, 1.807) is 6.20 Å². The molecule has 6 aromatic heterocycles. The van der Waals surface area contributed by atoms with Crippen molar-refractivity contribution in [3.8, 4) is 55.8 Å². The Bertz CT molecular complexity index is 6740. The van der Waals surface area contributed by atoms with Crippen molar-refractivity contribution >= 4 is 498 Å². The van der Waals surface area contributed by atoms with E-state index < -0.39 is 18.3 Å². The van der Waals surface area contributed by atoms with Crippen LogP contribution in [0.4, 0.5) is 0 Å². The lowest BCUT2D eigenvalue weighted by Gasteiger charge is -2.57. The molecule has 26 unspecified atom stereocenters. The van der Waals surface area contributed by atoms with Gasteiger partial charge in [0.15, 0.2) is 0 Å². The van der Waals surface area contributed by atoms with Crippen LogP contribution in [0.15, 0.2) is 232 Å². The summed E-state index contributed by atoms with van der Waals surface area (Å²) in [6.07, 6.45) is 3.64. The summed E-state index contributed by atoms with van der Waals surface area (Å²) in [6, 6.07) is 71.9. The molecule has 10 aromatic carbocycles. The van der Waals surface area contributed by atoms with Gasteiger partial charge in [-0.05, 0) is 299 Å². The number of fused-ring (bicyclic) bond motifs is 18. The molecule has 2 aliphatic carbocycles. The topological polar surface area (TPSA) is 96.3 Å². The van der Waals surface area contributed by atoms with Crippen molar-refractivity contribution in [3.05, 3.63) is 223 Å². The molecule has 26 atom stereocenters. The zero-order valence-corrected chi connectivity index (χ0v) is 117. The summed E-state index contributed by atoms with van der Waals surface area (Å²) in [6.45, 7) is 5.99. The number of hydrogen-bond acceptors (Lipinski definition) is 8. The molecule has 0 radical (unpaired) electrons. The lowest BCUT2D eigenvalue weighted by atomic mass is 9.71. The molecule has 55 heteroatoms. The molecule has 0 spiro atoms. The minimum absolute atomic E-state index is 0.0371. The van der Waals surface area contributed by atoms with Gasteiger partial charge in [-0.2, -0.15) is 0 Å². The number of hydrogen-bond donors (Lipinski definition) is 0. The molecule has 1 saturated heterocycles. The fourth-order valence-electron chi connectivity index (χ4n) is 16.0. The van der Waals surface area contributed by atoms with Gasteiger partial charge >= 0.3 is 7.12 Å². The Labute approximate surface area is 844 Å². The van der Waals surface area contributed by atoms with Crippen molar-refractivity contribution in [2.75, 3.05) is 0 Å². The van der Waals surface area contributed by atoms with Crippen molar-refractivity contribution in [2.45, 2.75) is 38.9 Å². The first-order valence-corrected chi connectivity index (χ1v) is 121. The Morgan fingerprint density at radius 3 is 1.08 bits per heavy atom. The maximum Gasteiger partial charge on any atom is 0.496 e. The second-order valence-electron chi connectivity index (χ2n) is 30.1. The summed E-state index contributed by atoms with van der Waals surface area (Å²) in [5, 5.41) is 13.9. The Kier molecular flexibility index (Phi) is 42.5. The van der Waals surface area contributed by atoms with E-state index in [-0.39, 0.29) is 147 Å². The normalized spacial score (nSPS) is 14.9. The highest BCUT2D eigenvalue weighted by molar-refractivity contribution is 9.50. The fourth-order valence-corrected chi connectivity index (χ4v) is 645. The molecule has 16 aromatic rings. The molecule has 19 rings (SSSR count). The van der Waals surface area contributed by atoms with Crippen molar-refractivity contribution in [1.82, 2.24) is 19.9 Å². The quantitative estimate of drug-likeness (QED) is 0.0270. The first-order valence-electron chi connectivity index (χ1n) is 38.6. The highest BCUT2D eigenvalue weighted by Crippen LogP contribution is 3.45. The summed E-state index contributed by atoms with van der Waals surface area (Å²) < 4.78 is 26.9. The number of aromatic nitrogens is 4. The van der Waals surface area contributed by atoms with Gasteiger partial charge in [-0.15, -0.1) is 205 Å². The largest absolute Gasteiger partial charge is 0.496 e. The maximum absolute atomic E-state index is 6.63. The number of pyridine rings is 4. The lowest BCUT2D eigenvalue weighted by Crippen LogP contribution is -2.41. The van der Waals surface area contributed by atoms with Crippen LogP contribution in [0.5, 0.6) is 0 Å². The third-order valence-corrected chi connectivity index (χ3v) is 330. The van der Waals surface area contributed by atoms with E-state index in [1.165, 1.54) is 66.1 Å². The monoisotopic (exact) mass is 2590 g/mol. The Morgan fingerprint density at radius 2 is 0.651 bits per heavy atom. The summed E-state index contributed by atoms with van der Waals surface area (Å²) in [5.41, 5.74) is 19.4. The van der Waals surface area contributed by atoms with Crippen LogP contribution >= 0.6 is 376 Å². The van der Waals surface area contributed by atoms with Gasteiger partial charge in [-0.25, -0.2) is 9.97 Å². The van der Waals surface area contributed by atoms with Gasteiger partial charge in [0.05, 0.1) is 39.0 Å². The first-order chi connectivity index (χ1) is 61.5. The SMILES string of the molecule is Brc1ccc2ccc3cccnc3c2n1.CC1(C)OB(c2c3c(cc4oc5ccccc5c24)-c2cccc4cccc-3c24)OC1(C)C.PPP(P(P)P)P(P(P(P)P)P(P)P)P(P(P(P(P)P)P(P)P)P(P(P)P)P(P)P)P(P(P(P)P)P(P)P)P(P(P)P)P(P)P.c1cc2c3c(cccc3c1)-c1c-2cc2oc3ccccc3c2c1-c1ccc2ccc3cccnc3c2n1. The zero-order chi connectivity index (χ0) is 92.0. The number of nitrogens with zero attached hydrogens (tertiary/aromatic N) is 4. The van der Waals surface area contributed by atoms with Crippen LogP contribution in [-0.2, 0) is 9.31 Å². The molecule has 0 bridgehead atoms. The molecule has 1 fully saturated rings. The smallest absolute Gasteiger partial charge is 0.456 e. The van der Waals surface area contributed by atoms with Crippen LogP contribution in [0, 0.1) is 0 Å². The third-order valence-electron chi connectivity index (χ3n) is 21.7. The molecule has 0 N–H and O–H groups in total. The van der Waals surface area contributed by atoms with Gasteiger partial charge in [-0.1, -0.05) is 166 Å². The van der Waals surface area contributed by atoms with E-state index in [4.69, 9.17) is 28.1 Å². The minimum Gasteiger partial charge on any atom is -0.456 e. The number of para-hydroxylation sites is 2. The predicted octanol–water partition coefficient (Wildman–Crippen LogP) is 45.6. The molecule has 3 aliphatic rings. The number of furan rings is 2. The third kappa shape index (κ3) is 23.8. The van der Waals surface area contributed by atoms with E-state index in [0.717, 1.165) is 117 Å². The van der Waals surface area contributed by atoms with Crippen LogP contribution in [0.3, 0.4) is 0 Å². The molecule has 0 saturated carbocycles. The van der Waals surface area contributed by atoms with Crippen LogP contribution in [0.2, 0.25) is 0 Å². The Hall–Kier alpha value is 9.77. The van der Waals surface area contributed by atoms with Crippen LogP contribution in [0.1, 0.15) is 27.7 Å². The lowest BCUT2D eigenvalue weighted by molar-refractivity contribution is 0.00578. The van der Waals surface area contributed by atoms with E-state index in [0.29, 0.717) is 0 Å². The van der Waals surface area contributed by atoms with E-state index in [1.807, 2.05) is 60.8 Å². The average molecular weight is 2590 g/mol. The van der Waals surface area contributed by atoms with Gasteiger partial charge in [-0.3, -0.25) is 9.97 Å². The summed E-state index contributed by atoms with van der Waals surface area (Å²) in [7, 11) is 79.6. The number of benzene rings is 10. The molecular formula is C74H95BBrN4O4P45. The highest BCUT2D eigenvalue weighted by Gasteiger charge is 2.58. The highest BCUT2D eigenvalue weighted by atomic mass is 79.9. The second-order valence-corrected chi connectivity index (χ2v) is 213. The molecule has 0 amide bonds. The fraction of sp³-hybridized carbons (Fsp3) is 0.0811. The van der Waals surface area contributed by atoms with Gasteiger partial charge in [0, 0.05) is 72.1 Å². The van der Waals surface area contributed by atoms with Crippen LogP contribution in [-0.4, -0.2) is 38.3 Å². The molecule has 670 valence electrons. The maximum atomic E-state index is 6.63. The van der Waals surface area contributed by atoms with Crippen molar-refractivity contribution in [1.29, 1.82) is 0 Å². The predicted molar refractivity (Wildman–Crippen MR) is 725 cm³/mol. The summed E-state index contributed by atoms with van der Waals surface area (Å²) >= 11 is 3.38. The number of halogens is 1. The summed E-state index contributed by atoms with van der Waals surface area (Å²) in [4.78, 5) is 18.8. The van der Waals surface area contributed by atoms with E-state index in [9.17, 15) is 0 Å². The Balaban J connectivity index is 0.000000132. The molecule has 1 aliphatic heterocycles. The molecule has 129 heavy (non-hydrogen) atoms. The molecule has 7 heterocycles. The van der Waals surface area contributed by atoms with Crippen molar-refractivity contribution < 1.29 is 18.1 Å². The molecule has 8 nitrogen and oxygen atoms in total. The molecular weight excluding hydrogens is 2490 g/mol. The van der Waals surface area contributed by atoms with Gasteiger partial charge in [0.2, 0.25) is 0 Å². The second kappa shape index (κ2) is 49.2. The van der Waals surface area contributed by atoms with E-state index >= 15 is 0 Å². The average Bonchev–Trinajstić information content (AvgIpc) is 1.55. The minimum atomic E-state index is -0.483. The Morgan fingerprint density at radius 1 is 0.302 bits per heavy atom. The van der Waals surface area contributed by atoms with Crippen LogP contribution in [0.25, 0.3) is 165 Å². The van der Waals surface area contributed by atoms with Crippen LogP contribution < -0.4 is 5.46 Å². The zero-order valence-electron chi connectivity index (χ0n) is 69.3. The first kappa shape index (κ1) is 111. The van der Waals surface area contributed by atoms with Crippen molar-refractivity contribution in [2.24, 2.45) is 0 Å². The van der Waals surface area contributed by atoms with Gasteiger partial charge in [0.25, 0.3) is 0 Å². The summed E-state index contributed by atoms with van der Waals surface area (Å²) in [5.74, 6) is 0.